The Morgan fingerprint density at radius 3 is 2.80 bits per heavy atom. The Labute approximate surface area is 124 Å². The van der Waals surface area contributed by atoms with Gasteiger partial charge >= 0.3 is 5.97 Å². The summed E-state index contributed by atoms with van der Waals surface area (Å²) in [5.41, 5.74) is 1.52. The van der Waals surface area contributed by atoms with E-state index in [4.69, 9.17) is 5.11 Å². The monoisotopic (exact) mass is 336 g/mol. The van der Waals surface area contributed by atoms with Crippen molar-refractivity contribution in [1.29, 1.82) is 0 Å². The molecule has 1 atom stereocenters. The zero-order chi connectivity index (χ0) is 14.7. The molecular weight excluding hydrogens is 324 g/mol. The van der Waals surface area contributed by atoms with E-state index in [9.17, 15) is 9.59 Å². The standard InChI is InChI=1S/C14H13BrN2O3/c1-8(18)17-12(14(19)20)7-9-4-5-11(15)10-3-2-6-16-13(9)10/h2-6,12H,7H2,1H3,(H,17,18)(H,19,20)/t12-/m1/s1. The van der Waals surface area contributed by atoms with E-state index in [1.807, 2.05) is 24.3 Å². The second-order valence-electron chi connectivity index (χ2n) is 4.40. The van der Waals surface area contributed by atoms with Crippen molar-refractivity contribution in [3.8, 4) is 0 Å². The number of hydrogen-bond acceptors (Lipinski definition) is 3. The van der Waals surface area contributed by atoms with Gasteiger partial charge in [-0.3, -0.25) is 9.78 Å². The lowest BCUT2D eigenvalue weighted by molar-refractivity contribution is -0.141. The Bertz CT molecular complexity index is 673. The summed E-state index contributed by atoms with van der Waals surface area (Å²) in [7, 11) is 0. The summed E-state index contributed by atoms with van der Waals surface area (Å²) in [4.78, 5) is 26.6. The number of rotatable bonds is 4. The third-order valence-corrected chi connectivity index (χ3v) is 3.59. The van der Waals surface area contributed by atoms with Crippen LogP contribution in [0, 0.1) is 0 Å². The molecule has 0 fully saturated rings. The molecule has 2 aromatic rings. The Kier molecular flexibility index (Phi) is 4.34. The molecule has 1 aromatic heterocycles. The van der Waals surface area contributed by atoms with Crippen LogP contribution >= 0.6 is 15.9 Å². The highest BCUT2D eigenvalue weighted by Gasteiger charge is 2.20. The van der Waals surface area contributed by atoms with Crippen molar-refractivity contribution < 1.29 is 14.7 Å². The van der Waals surface area contributed by atoms with E-state index >= 15 is 0 Å². The number of halogens is 1. The minimum absolute atomic E-state index is 0.190. The fraction of sp³-hybridized carbons (Fsp3) is 0.214. The molecule has 0 radical (unpaired) electrons. The van der Waals surface area contributed by atoms with Gasteiger partial charge < -0.3 is 10.4 Å². The molecule has 0 spiro atoms. The number of carbonyl (C=O) groups excluding carboxylic acids is 1. The van der Waals surface area contributed by atoms with Gasteiger partial charge in [0.25, 0.3) is 0 Å². The number of aromatic nitrogens is 1. The average Bonchev–Trinajstić information content (AvgIpc) is 2.40. The van der Waals surface area contributed by atoms with E-state index < -0.39 is 12.0 Å². The number of benzene rings is 1. The molecule has 0 saturated carbocycles. The van der Waals surface area contributed by atoms with Gasteiger partial charge in [-0.2, -0.15) is 0 Å². The van der Waals surface area contributed by atoms with Crippen LogP contribution in [-0.2, 0) is 16.0 Å². The van der Waals surface area contributed by atoms with Crippen molar-refractivity contribution in [2.45, 2.75) is 19.4 Å². The summed E-state index contributed by atoms with van der Waals surface area (Å²) < 4.78 is 0.899. The fourth-order valence-electron chi connectivity index (χ4n) is 2.03. The first-order chi connectivity index (χ1) is 9.49. The smallest absolute Gasteiger partial charge is 0.326 e. The third-order valence-electron chi connectivity index (χ3n) is 2.90. The SMILES string of the molecule is CC(=O)N[C@H](Cc1ccc(Br)c2cccnc12)C(=O)O. The lowest BCUT2D eigenvalue weighted by Crippen LogP contribution is -2.41. The minimum Gasteiger partial charge on any atom is -0.480 e. The van der Waals surface area contributed by atoms with Crippen LogP contribution in [0.4, 0.5) is 0 Å². The first kappa shape index (κ1) is 14.5. The van der Waals surface area contributed by atoms with Crippen molar-refractivity contribution >= 4 is 38.7 Å². The van der Waals surface area contributed by atoms with E-state index in [1.165, 1.54) is 6.92 Å². The number of aliphatic carboxylic acids is 1. The molecule has 5 nitrogen and oxygen atoms in total. The Morgan fingerprint density at radius 2 is 2.15 bits per heavy atom. The lowest BCUT2D eigenvalue weighted by Gasteiger charge is -2.14. The van der Waals surface area contributed by atoms with Crippen LogP contribution in [0.25, 0.3) is 10.9 Å². The summed E-state index contributed by atoms with van der Waals surface area (Å²) >= 11 is 3.44. The minimum atomic E-state index is -1.06. The number of carboxylic acid groups (broad SMARTS) is 1. The van der Waals surface area contributed by atoms with Crippen molar-refractivity contribution in [1.82, 2.24) is 10.3 Å². The first-order valence-corrected chi connectivity index (χ1v) is 6.80. The topological polar surface area (TPSA) is 79.3 Å². The molecule has 1 aromatic carbocycles. The van der Waals surface area contributed by atoms with Crippen molar-refractivity contribution in [2.75, 3.05) is 0 Å². The highest BCUT2D eigenvalue weighted by atomic mass is 79.9. The van der Waals surface area contributed by atoms with Crippen molar-refractivity contribution in [2.24, 2.45) is 0 Å². The maximum Gasteiger partial charge on any atom is 0.326 e. The number of hydrogen-bond donors (Lipinski definition) is 2. The van der Waals surface area contributed by atoms with Crippen LogP contribution in [0.3, 0.4) is 0 Å². The summed E-state index contributed by atoms with van der Waals surface area (Å²) in [6.07, 6.45) is 1.85. The average molecular weight is 337 g/mol. The van der Waals surface area contributed by atoms with Crippen LogP contribution in [-0.4, -0.2) is 28.0 Å². The number of pyridine rings is 1. The van der Waals surface area contributed by atoms with E-state index in [1.54, 1.807) is 6.20 Å². The summed E-state index contributed by atoms with van der Waals surface area (Å²) in [5.74, 6) is -1.43. The molecule has 20 heavy (non-hydrogen) atoms. The van der Waals surface area contributed by atoms with Crippen molar-refractivity contribution in [3.05, 3.63) is 40.5 Å². The van der Waals surface area contributed by atoms with Crippen LogP contribution in [0.1, 0.15) is 12.5 Å². The summed E-state index contributed by atoms with van der Waals surface area (Å²) in [6.45, 7) is 1.30. The zero-order valence-corrected chi connectivity index (χ0v) is 12.3. The van der Waals surface area contributed by atoms with Crippen LogP contribution in [0.15, 0.2) is 34.9 Å². The van der Waals surface area contributed by atoms with Gasteiger partial charge in [0, 0.05) is 29.4 Å². The van der Waals surface area contributed by atoms with Crippen LogP contribution in [0.5, 0.6) is 0 Å². The number of carboxylic acids is 1. The first-order valence-electron chi connectivity index (χ1n) is 6.01. The molecule has 2 rings (SSSR count). The Hall–Kier alpha value is -1.95. The van der Waals surface area contributed by atoms with Gasteiger partial charge in [0.15, 0.2) is 0 Å². The van der Waals surface area contributed by atoms with Gasteiger partial charge in [0.2, 0.25) is 5.91 Å². The highest BCUT2D eigenvalue weighted by molar-refractivity contribution is 9.10. The molecule has 0 aliphatic heterocycles. The number of amides is 1. The second kappa shape index (κ2) is 6.00. The molecule has 0 saturated heterocycles. The summed E-state index contributed by atoms with van der Waals surface area (Å²) in [6, 6.07) is 6.44. The van der Waals surface area contributed by atoms with E-state index in [-0.39, 0.29) is 12.3 Å². The third kappa shape index (κ3) is 3.14. The van der Waals surface area contributed by atoms with Crippen molar-refractivity contribution in [3.63, 3.8) is 0 Å². The highest BCUT2D eigenvalue weighted by Crippen LogP contribution is 2.25. The Balaban J connectivity index is 2.40. The molecule has 0 aliphatic rings. The molecule has 0 bridgehead atoms. The van der Waals surface area contributed by atoms with E-state index in [0.717, 1.165) is 20.9 Å². The molecule has 6 heteroatoms. The molecule has 0 unspecified atom stereocenters. The number of nitrogens with one attached hydrogen (secondary N) is 1. The predicted octanol–water partition coefficient (Wildman–Crippen LogP) is 2.13. The maximum atomic E-state index is 11.2. The van der Waals surface area contributed by atoms with E-state index in [0.29, 0.717) is 0 Å². The molecule has 2 N–H and O–H groups in total. The molecule has 104 valence electrons. The van der Waals surface area contributed by atoms with Crippen LogP contribution < -0.4 is 5.32 Å². The maximum absolute atomic E-state index is 11.2. The van der Waals surface area contributed by atoms with Gasteiger partial charge in [0.05, 0.1) is 5.52 Å². The molecule has 1 heterocycles. The summed E-state index contributed by atoms with van der Waals surface area (Å²) in [5, 5.41) is 12.5. The van der Waals surface area contributed by atoms with Gasteiger partial charge in [-0.25, -0.2) is 4.79 Å². The van der Waals surface area contributed by atoms with Gasteiger partial charge in [-0.05, 0) is 17.7 Å². The van der Waals surface area contributed by atoms with Gasteiger partial charge in [-0.15, -0.1) is 0 Å². The zero-order valence-electron chi connectivity index (χ0n) is 10.8. The lowest BCUT2D eigenvalue weighted by atomic mass is 10.0. The second-order valence-corrected chi connectivity index (χ2v) is 5.26. The molecule has 0 aliphatic carbocycles. The number of fused-ring (bicyclic) bond motifs is 1. The predicted molar refractivity (Wildman–Crippen MR) is 78.4 cm³/mol. The fourth-order valence-corrected chi connectivity index (χ4v) is 2.48. The van der Waals surface area contributed by atoms with Crippen LogP contribution in [0.2, 0.25) is 0 Å². The Morgan fingerprint density at radius 1 is 1.40 bits per heavy atom. The number of carbonyl (C=O) groups is 2. The molecule has 1 amide bonds. The number of nitrogens with zero attached hydrogens (tertiary/aromatic N) is 1. The largest absolute Gasteiger partial charge is 0.480 e. The van der Waals surface area contributed by atoms with Gasteiger partial charge in [0.1, 0.15) is 6.04 Å². The quantitative estimate of drug-likeness (QED) is 0.896. The van der Waals surface area contributed by atoms with E-state index in [2.05, 4.69) is 26.2 Å². The van der Waals surface area contributed by atoms with Gasteiger partial charge in [-0.1, -0.05) is 28.1 Å². The molecular formula is C14H13BrN2O3. The normalized spacial score (nSPS) is 12.1.